The molecule has 1 N–H and O–H groups in total. The second-order valence-corrected chi connectivity index (χ2v) is 4.87. The third-order valence-electron chi connectivity index (χ3n) is 3.39. The molecule has 1 aromatic carbocycles. The van der Waals surface area contributed by atoms with Gasteiger partial charge in [-0.05, 0) is 33.8 Å². The summed E-state index contributed by atoms with van der Waals surface area (Å²) in [7, 11) is 0. The number of benzene rings is 1. The minimum atomic E-state index is -0.187. The van der Waals surface area contributed by atoms with E-state index in [1.807, 2.05) is 33.8 Å². The van der Waals surface area contributed by atoms with Gasteiger partial charge in [0, 0.05) is 23.2 Å². The van der Waals surface area contributed by atoms with Crippen LogP contribution in [0, 0.1) is 19.7 Å². The maximum atomic E-state index is 13.7. The molecule has 0 radical (unpaired) electrons. The van der Waals surface area contributed by atoms with Crippen molar-refractivity contribution in [3.63, 3.8) is 0 Å². The molecule has 19 heavy (non-hydrogen) atoms. The predicted octanol–water partition coefficient (Wildman–Crippen LogP) is 3.84. The van der Waals surface area contributed by atoms with Gasteiger partial charge in [0.25, 0.3) is 0 Å². The van der Waals surface area contributed by atoms with Crippen LogP contribution in [0.2, 0.25) is 0 Å². The number of halogens is 1. The summed E-state index contributed by atoms with van der Waals surface area (Å²) in [5.74, 6) is 0.617. The number of aryl methyl sites for hydroxylation is 2. The molecule has 4 heteroatoms. The maximum absolute atomic E-state index is 13.7. The number of nitrogens with one attached hydrogen (secondary N) is 1. The fourth-order valence-electron chi connectivity index (χ4n) is 2.48. The third kappa shape index (κ3) is 2.84. The Morgan fingerprint density at radius 1 is 1.16 bits per heavy atom. The first-order valence-electron chi connectivity index (χ1n) is 6.44. The standard InChI is InChI=1S/C15H19FN2O/c1-9(13-7-5-6-8-14(13)16)17-10(2)15-11(3)18-19-12(15)4/h5-10,17H,1-4H3. The van der Waals surface area contributed by atoms with Crippen LogP contribution < -0.4 is 5.32 Å². The van der Waals surface area contributed by atoms with Gasteiger partial charge in [-0.25, -0.2) is 4.39 Å². The quantitative estimate of drug-likeness (QED) is 0.909. The van der Waals surface area contributed by atoms with E-state index in [-0.39, 0.29) is 17.9 Å². The van der Waals surface area contributed by atoms with Crippen molar-refractivity contribution in [2.24, 2.45) is 0 Å². The largest absolute Gasteiger partial charge is 0.361 e. The van der Waals surface area contributed by atoms with Gasteiger partial charge >= 0.3 is 0 Å². The highest BCUT2D eigenvalue weighted by Crippen LogP contribution is 2.25. The van der Waals surface area contributed by atoms with Crippen molar-refractivity contribution in [3.8, 4) is 0 Å². The molecule has 3 nitrogen and oxygen atoms in total. The first kappa shape index (κ1) is 13.7. The van der Waals surface area contributed by atoms with Crippen LogP contribution in [0.5, 0.6) is 0 Å². The van der Waals surface area contributed by atoms with Crippen molar-refractivity contribution >= 4 is 0 Å². The van der Waals surface area contributed by atoms with Gasteiger partial charge in [0.1, 0.15) is 11.6 Å². The second-order valence-electron chi connectivity index (χ2n) is 4.87. The fourth-order valence-corrected chi connectivity index (χ4v) is 2.48. The summed E-state index contributed by atoms with van der Waals surface area (Å²) in [6.07, 6.45) is 0. The smallest absolute Gasteiger partial charge is 0.138 e. The SMILES string of the molecule is Cc1noc(C)c1C(C)NC(C)c1ccccc1F. The van der Waals surface area contributed by atoms with Crippen LogP contribution in [0.4, 0.5) is 4.39 Å². The zero-order valence-corrected chi connectivity index (χ0v) is 11.7. The van der Waals surface area contributed by atoms with Crippen molar-refractivity contribution < 1.29 is 8.91 Å². The van der Waals surface area contributed by atoms with E-state index in [0.717, 1.165) is 17.0 Å². The first-order chi connectivity index (χ1) is 9.00. The Labute approximate surface area is 112 Å². The molecule has 2 rings (SSSR count). The lowest BCUT2D eigenvalue weighted by atomic mass is 10.0. The van der Waals surface area contributed by atoms with Gasteiger partial charge < -0.3 is 9.84 Å². The van der Waals surface area contributed by atoms with Crippen LogP contribution in [0.1, 0.15) is 48.5 Å². The van der Waals surface area contributed by atoms with Gasteiger partial charge in [0.05, 0.1) is 5.69 Å². The molecule has 0 aliphatic heterocycles. The van der Waals surface area contributed by atoms with E-state index in [9.17, 15) is 4.39 Å². The van der Waals surface area contributed by atoms with Crippen LogP contribution in [-0.4, -0.2) is 5.16 Å². The van der Waals surface area contributed by atoms with E-state index in [0.29, 0.717) is 5.56 Å². The van der Waals surface area contributed by atoms with Crippen LogP contribution in [0.25, 0.3) is 0 Å². The molecule has 2 aromatic rings. The average molecular weight is 262 g/mol. The molecule has 0 aliphatic rings. The van der Waals surface area contributed by atoms with Crippen LogP contribution in [0.3, 0.4) is 0 Å². The van der Waals surface area contributed by atoms with Crippen LogP contribution in [0.15, 0.2) is 28.8 Å². The Bertz CT molecular complexity index is 546. The molecule has 0 bridgehead atoms. The van der Waals surface area contributed by atoms with Crippen molar-refractivity contribution in [1.29, 1.82) is 0 Å². The predicted molar refractivity (Wildman–Crippen MR) is 72.3 cm³/mol. The number of hydrogen-bond acceptors (Lipinski definition) is 3. The molecule has 0 fully saturated rings. The van der Waals surface area contributed by atoms with E-state index in [1.165, 1.54) is 6.07 Å². The molecule has 102 valence electrons. The highest BCUT2D eigenvalue weighted by molar-refractivity contribution is 5.26. The topological polar surface area (TPSA) is 38.1 Å². The molecule has 0 aliphatic carbocycles. The number of hydrogen-bond donors (Lipinski definition) is 1. The number of nitrogens with zero attached hydrogens (tertiary/aromatic N) is 1. The van der Waals surface area contributed by atoms with Gasteiger partial charge in [0.15, 0.2) is 0 Å². The van der Waals surface area contributed by atoms with Crippen molar-refractivity contribution in [2.45, 2.75) is 39.8 Å². The molecular weight excluding hydrogens is 243 g/mol. The van der Waals surface area contributed by atoms with E-state index in [1.54, 1.807) is 12.1 Å². The summed E-state index contributed by atoms with van der Waals surface area (Å²) in [6.45, 7) is 7.79. The lowest BCUT2D eigenvalue weighted by Gasteiger charge is -2.20. The van der Waals surface area contributed by atoms with E-state index >= 15 is 0 Å². The highest BCUT2D eigenvalue weighted by atomic mass is 19.1. The molecule has 0 saturated carbocycles. The summed E-state index contributed by atoms with van der Waals surface area (Å²) in [4.78, 5) is 0. The summed E-state index contributed by atoms with van der Waals surface area (Å²) in [5.41, 5.74) is 2.59. The Balaban J connectivity index is 2.16. The molecule has 0 saturated heterocycles. The summed E-state index contributed by atoms with van der Waals surface area (Å²) in [6, 6.07) is 6.80. The minimum Gasteiger partial charge on any atom is -0.361 e. The Morgan fingerprint density at radius 3 is 2.42 bits per heavy atom. The highest BCUT2D eigenvalue weighted by Gasteiger charge is 2.19. The van der Waals surface area contributed by atoms with Crippen molar-refractivity contribution in [1.82, 2.24) is 10.5 Å². The van der Waals surface area contributed by atoms with Gasteiger partial charge in [-0.3, -0.25) is 0 Å². The van der Waals surface area contributed by atoms with Crippen molar-refractivity contribution in [2.75, 3.05) is 0 Å². The van der Waals surface area contributed by atoms with Gasteiger partial charge in [0.2, 0.25) is 0 Å². The number of rotatable bonds is 4. The van der Waals surface area contributed by atoms with Crippen LogP contribution >= 0.6 is 0 Å². The molecule has 1 heterocycles. The summed E-state index contributed by atoms with van der Waals surface area (Å²) in [5, 5.41) is 7.33. The molecule has 0 spiro atoms. The zero-order valence-electron chi connectivity index (χ0n) is 11.7. The average Bonchev–Trinajstić information content (AvgIpc) is 2.69. The van der Waals surface area contributed by atoms with E-state index in [4.69, 9.17) is 4.52 Å². The molecule has 1 aromatic heterocycles. The van der Waals surface area contributed by atoms with E-state index < -0.39 is 0 Å². The maximum Gasteiger partial charge on any atom is 0.138 e. The van der Waals surface area contributed by atoms with Gasteiger partial charge in [-0.2, -0.15) is 0 Å². The molecular formula is C15H19FN2O. The number of aromatic nitrogens is 1. The normalized spacial score (nSPS) is 14.4. The zero-order chi connectivity index (χ0) is 14.0. The molecule has 2 unspecified atom stereocenters. The summed E-state index contributed by atoms with van der Waals surface area (Å²) >= 11 is 0. The lowest BCUT2D eigenvalue weighted by molar-refractivity contribution is 0.389. The Kier molecular flexibility index (Phi) is 4.00. The third-order valence-corrected chi connectivity index (χ3v) is 3.39. The molecule has 2 atom stereocenters. The minimum absolute atomic E-state index is 0.0563. The fraction of sp³-hybridized carbons (Fsp3) is 0.400. The first-order valence-corrected chi connectivity index (χ1v) is 6.44. The van der Waals surface area contributed by atoms with Gasteiger partial charge in [-0.15, -0.1) is 0 Å². The van der Waals surface area contributed by atoms with E-state index in [2.05, 4.69) is 10.5 Å². The lowest BCUT2D eigenvalue weighted by Crippen LogP contribution is -2.24. The summed E-state index contributed by atoms with van der Waals surface area (Å²) < 4.78 is 18.9. The second kappa shape index (κ2) is 5.53. The van der Waals surface area contributed by atoms with Crippen molar-refractivity contribution in [3.05, 3.63) is 52.7 Å². The molecule has 0 amide bonds. The van der Waals surface area contributed by atoms with Gasteiger partial charge in [-0.1, -0.05) is 23.4 Å². The van der Waals surface area contributed by atoms with Crippen LogP contribution in [-0.2, 0) is 0 Å². The Morgan fingerprint density at radius 2 is 1.84 bits per heavy atom. The monoisotopic (exact) mass is 262 g/mol. The Hall–Kier alpha value is -1.68.